The summed E-state index contributed by atoms with van der Waals surface area (Å²) in [5, 5.41) is 12.0. The molecule has 39 heavy (non-hydrogen) atoms. The summed E-state index contributed by atoms with van der Waals surface area (Å²) in [5.41, 5.74) is 1.03. The van der Waals surface area contributed by atoms with Crippen LogP contribution in [0.4, 0.5) is 0 Å². The van der Waals surface area contributed by atoms with E-state index in [9.17, 15) is 22.8 Å². The van der Waals surface area contributed by atoms with Crippen molar-refractivity contribution >= 4 is 51.4 Å². The molecule has 1 fully saturated rings. The van der Waals surface area contributed by atoms with E-state index < -0.39 is 45.4 Å². The number of benzene rings is 2. The van der Waals surface area contributed by atoms with Gasteiger partial charge in [0.05, 0.1) is 23.8 Å². The first-order chi connectivity index (χ1) is 18.7. The van der Waals surface area contributed by atoms with Gasteiger partial charge in [0.25, 0.3) is 5.91 Å². The second-order valence-corrected chi connectivity index (χ2v) is 11.9. The van der Waals surface area contributed by atoms with Crippen LogP contribution in [0, 0.1) is 11.3 Å². The number of esters is 1. The summed E-state index contributed by atoms with van der Waals surface area (Å²) < 4.78 is 35.0. The summed E-state index contributed by atoms with van der Waals surface area (Å²) in [5.74, 6) is -2.25. The number of carbonyl (C=O) groups excluding carboxylic acids is 3. The Hall–Kier alpha value is -3.73. The van der Waals surface area contributed by atoms with Crippen LogP contribution in [0.2, 0.25) is 0 Å². The number of ether oxygens (including phenoxy) is 1. The van der Waals surface area contributed by atoms with E-state index in [4.69, 9.17) is 14.2 Å². The number of fused-ring (bicyclic) bond motifs is 1. The molecule has 0 bridgehead atoms. The van der Waals surface area contributed by atoms with Crippen LogP contribution >= 0.6 is 23.5 Å². The highest BCUT2D eigenvalue weighted by molar-refractivity contribution is 8.02. The van der Waals surface area contributed by atoms with E-state index in [0.29, 0.717) is 11.1 Å². The van der Waals surface area contributed by atoms with Gasteiger partial charge in [-0.3, -0.25) is 14.5 Å². The van der Waals surface area contributed by atoms with Crippen molar-refractivity contribution in [2.75, 3.05) is 17.8 Å². The third-order valence-corrected chi connectivity index (χ3v) is 8.09. The van der Waals surface area contributed by atoms with Crippen molar-refractivity contribution in [3.63, 3.8) is 0 Å². The fourth-order valence-electron chi connectivity index (χ4n) is 3.99. The molecule has 2 atom stereocenters. The van der Waals surface area contributed by atoms with Crippen molar-refractivity contribution in [3.05, 3.63) is 94.7 Å². The van der Waals surface area contributed by atoms with Crippen LogP contribution in [0.5, 0.6) is 0 Å². The lowest BCUT2D eigenvalue weighted by Crippen LogP contribution is -2.70. The van der Waals surface area contributed by atoms with Crippen LogP contribution < -0.4 is 5.32 Å². The Kier molecular flexibility index (Phi) is 9.01. The third-order valence-electron chi connectivity index (χ3n) is 5.58. The van der Waals surface area contributed by atoms with Gasteiger partial charge in [-0.1, -0.05) is 60.7 Å². The van der Waals surface area contributed by atoms with E-state index >= 15 is 0 Å². The zero-order valence-corrected chi connectivity index (χ0v) is 23.0. The number of carbonyl (C=O) groups is 3. The van der Waals surface area contributed by atoms with Gasteiger partial charge in [-0.25, -0.2) is 4.79 Å². The Balaban J connectivity index is 1.60. The molecule has 2 aliphatic rings. The SMILES string of the molecule is CS(=O)(=O)OC1=C(C(=O)OC(c2ccccc2)c2ccccc2)N2C(=O)[C@@H](NC(=O)CS/C=C/C#N)[C@H]2SC1. The highest BCUT2D eigenvalue weighted by Crippen LogP contribution is 2.42. The maximum Gasteiger partial charge on any atom is 0.359 e. The summed E-state index contributed by atoms with van der Waals surface area (Å²) in [6.45, 7) is 0. The lowest BCUT2D eigenvalue weighted by molar-refractivity contribution is -0.155. The third kappa shape index (κ3) is 6.83. The van der Waals surface area contributed by atoms with E-state index in [0.717, 1.165) is 34.7 Å². The predicted molar refractivity (Wildman–Crippen MR) is 146 cm³/mol. The largest absolute Gasteiger partial charge is 0.448 e. The molecule has 0 saturated carbocycles. The Labute approximate surface area is 234 Å². The van der Waals surface area contributed by atoms with Gasteiger partial charge < -0.3 is 14.2 Å². The molecule has 2 aromatic carbocycles. The fraction of sp³-hybridized carbons (Fsp3) is 0.231. The number of hydrogen-bond acceptors (Lipinski definition) is 10. The number of thioether (sulfide) groups is 2. The highest BCUT2D eigenvalue weighted by Gasteiger charge is 2.55. The number of amides is 2. The summed E-state index contributed by atoms with van der Waals surface area (Å²) in [4.78, 5) is 40.2. The van der Waals surface area contributed by atoms with Gasteiger partial charge >= 0.3 is 16.1 Å². The molecule has 13 heteroatoms. The summed E-state index contributed by atoms with van der Waals surface area (Å²) >= 11 is 2.24. The molecule has 1 N–H and O–H groups in total. The van der Waals surface area contributed by atoms with Gasteiger partial charge in [0.1, 0.15) is 11.4 Å². The zero-order valence-electron chi connectivity index (χ0n) is 20.6. The number of nitrogens with zero attached hydrogens (tertiary/aromatic N) is 2. The Bertz CT molecular complexity index is 1420. The average molecular weight is 586 g/mol. The molecule has 0 aliphatic carbocycles. The predicted octanol–water partition coefficient (Wildman–Crippen LogP) is 2.68. The maximum atomic E-state index is 13.6. The van der Waals surface area contributed by atoms with Crippen LogP contribution in [-0.4, -0.2) is 60.3 Å². The van der Waals surface area contributed by atoms with Crippen molar-refractivity contribution in [1.82, 2.24) is 10.2 Å². The molecule has 0 spiro atoms. The van der Waals surface area contributed by atoms with E-state index in [-0.39, 0.29) is 23.0 Å². The Morgan fingerprint density at radius 2 is 1.79 bits per heavy atom. The van der Waals surface area contributed by atoms with Crippen LogP contribution in [0.25, 0.3) is 0 Å². The molecule has 1 saturated heterocycles. The molecule has 10 nitrogen and oxygen atoms in total. The fourth-order valence-corrected chi connectivity index (χ4v) is 6.31. The molecule has 2 aliphatic heterocycles. The second kappa shape index (κ2) is 12.4. The van der Waals surface area contributed by atoms with Crippen LogP contribution in [0.3, 0.4) is 0 Å². The number of rotatable bonds is 10. The Morgan fingerprint density at radius 3 is 2.36 bits per heavy atom. The monoisotopic (exact) mass is 585 g/mol. The van der Waals surface area contributed by atoms with Crippen molar-refractivity contribution in [2.24, 2.45) is 0 Å². The molecular weight excluding hydrogens is 563 g/mol. The van der Waals surface area contributed by atoms with Gasteiger partial charge in [-0.15, -0.1) is 23.5 Å². The number of nitriles is 1. The second-order valence-electron chi connectivity index (χ2n) is 8.36. The minimum Gasteiger partial charge on any atom is -0.448 e. The molecular formula is C26H23N3O7S3. The van der Waals surface area contributed by atoms with Crippen molar-refractivity contribution < 1.29 is 31.7 Å². The minimum absolute atomic E-state index is 0.0116. The van der Waals surface area contributed by atoms with Crippen molar-refractivity contribution in [3.8, 4) is 6.07 Å². The van der Waals surface area contributed by atoms with E-state index in [2.05, 4.69) is 5.32 Å². The topological polar surface area (TPSA) is 143 Å². The van der Waals surface area contributed by atoms with Gasteiger partial charge in [-0.05, 0) is 16.5 Å². The number of nitrogens with one attached hydrogen (secondary N) is 1. The minimum atomic E-state index is -4.02. The molecule has 0 radical (unpaired) electrons. The van der Waals surface area contributed by atoms with Crippen LogP contribution in [-0.2, 0) is 33.4 Å². The lowest BCUT2D eigenvalue weighted by atomic mass is 10.0. The first-order valence-corrected chi connectivity index (χ1v) is 15.4. The number of hydrogen-bond donors (Lipinski definition) is 1. The lowest BCUT2D eigenvalue weighted by Gasteiger charge is -2.49. The molecule has 4 rings (SSSR count). The van der Waals surface area contributed by atoms with Crippen molar-refractivity contribution in [1.29, 1.82) is 5.26 Å². The van der Waals surface area contributed by atoms with Crippen LogP contribution in [0.15, 0.2) is 83.6 Å². The van der Waals surface area contributed by atoms with Crippen LogP contribution in [0.1, 0.15) is 17.2 Å². The number of allylic oxidation sites excluding steroid dienone is 1. The maximum absolute atomic E-state index is 13.6. The van der Waals surface area contributed by atoms with Gasteiger partial charge in [0.2, 0.25) is 5.91 Å². The van der Waals surface area contributed by atoms with E-state index in [1.165, 1.54) is 11.5 Å². The van der Waals surface area contributed by atoms with Gasteiger partial charge in [-0.2, -0.15) is 13.7 Å². The molecule has 2 amide bonds. The first kappa shape index (κ1) is 28.3. The quantitative estimate of drug-likeness (QED) is 0.191. The van der Waals surface area contributed by atoms with Crippen molar-refractivity contribution in [2.45, 2.75) is 17.5 Å². The molecule has 2 heterocycles. The summed E-state index contributed by atoms with van der Waals surface area (Å²) in [7, 11) is -4.02. The van der Waals surface area contributed by atoms with Gasteiger partial charge in [0, 0.05) is 6.08 Å². The highest BCUT2D eigenvalue weighted by atomic mass is 32.2. The number of β-lactam (4-membered cyclic amide) rings is 1. The van der Waals surface area contributed by atoms with E-state index in [1.807, 2.05) is 18.2 Å². The van der Waals surface area contributed by atoms with E-state index in [1.54, 1.807) is 48.5 Å². The smallest absolute Gasteiger partial charge is 0.359 e. The zero-order chi connectivity index (χ0) is 28.0. The van der Waals surface area contributed by atoms with Gasteiger partial charge in [0.15, 0.2) is 17.6 Å². The standard InChI is InChI=1S/C26H23N3O7S3/c1-39(33,34)36-19-15-38-25-21(28-20(30)16-37-14-8-13-27)24(31)29(25)22(19)26(32)35-23(17-9-4-2-5-10-17)18-11-6-3-7-12-18/h2-12,14,21,23,25H,15-16H2,1H3,(H,28,30)/b14-8+/t21-,25-/m1/s1. The molecule has 2 aromatic rings. The first-order valence-electron chi connectivity index (χ1n) is 11.5. The Morgan fingerprint density at radius 1 is 1.18 bits per heavy atom. The summed E-state index contributed by atoms with van der Waals surface area (Å²) in [6, 6.07) is 18.9. The average Bonchev–Trinajstić information content (AvgIpc) is 2.92. The molecule has 0 aromatic heterocycles. The summed E-state index contributed by atoms with van der Waals surface area (Å²) in [6.07, 6.45) is 1.23. The molecule has 202 valence electrons. The normalized spacial score (nSPS) is 18.8. The molecule has 0 unspecified atom stereocenters.